The van der Waals surface area contributed by atoms with E-state index < -0.39 is 5.97 Å². The van der Waals surface area contributed by atoms with E-state index in [-0.39, 0.29) is 12.5 Å². The quantitative estimate of drug-likeness (QED) is 0.714. The summed E-state index contributed by atoms with van der Waals surface area (Å²) in [6.07, 6.45) is 0.610. The van der Waals surface area contributed by atoms with Crippen molar-refractivity contribution in [2.75, 3.05) is 27.4 Å². The summed E-state index contributed by atoms with van der Waals surface area (Å²) in [4.78, 5) is 24.1. The number of furan rings is 1. The zero-order chi connectivity index (χ0) is 20.0. The van der Waals surface area contributed by atoms with Crippen LogP contribution in [-0.2, 0) is 16.0 Å². The lowest BCUT2D eigenvalue weighted by atomic mass is 10.1. The van der Waals surface area contributed by atoms with Crippen LogP contribution in [0.4, 0.5) is 0 Å². The number of nitrogens with one attached hydrogen (secondary N) is 1. The van der Waals surface area contributed by atoms with Gasteiger partial charge in [0.15, 0.2) is 18.1 Å². The second-order valence-electron chi connectivity index (χ2n) is 6.08. The lowest BCUT2D eigenvalue weighted by Crippen LogP contribution is -2.30. The van der Waals surface area contributed by atoms with Gasteiger partial charge in [-0.05, 0) is 44.9 Å². The van der Waals surface area contributed by atoms with Gasteiger partial charge in [0.1, 0.15) is 17.1 Å². The van der Waals surface area contributed by atoms with Gasteiger partial charge < -0.3 is 23.9 Å². The van der Waals surface area contributed by atoms with Crippen LogP contribution in [0.5, 0.6) is 11.5 Å². The summed E-state index contributed by atoms with van der Waals surface area (Å²) in [6.45, 7) is 5.33. The molecule has 0 aliphatic carbocycles. The maximum Gasteiger partial charge on any atom is 0.342 e. The number of carbonyl (C=O) groups excluding carboxylic acids is 2. The van der Waals surface area contributed by atoms with Crippen LogP contribution in [0.3, 0.4) is 0 Å². The Hall–Kier alpha value is -2.96. The molecule has 0 spiro atoms. The van der Waals surface area contributed by atoms with Crippen molar-refractivity contribution in [3.05, 3.63) is 46.4 Å². The van der Waals surface area contributed by atoms with E-state index >= 15 is 0 Å². The monoisotopic (exact) mass is 375 g/mol. The van der Waals surface area contributed by atoms with Crippen LogP contribution in [0, 0.1) is 20.8 Å². The van der Waals surface area contributed by atoms with Crippen LogP contribution in [0.2, 0.25) is 0 Å². The average molecular weight is 375 g/mol. The van der Waals surface area contributed by atoms with Crippen molar-refractivity contribution < 1.29 is 28.2 Å². The number of amides is 1. The maximum absolute atomic E-state index is 12.1. The molecule has 146 valence electrons. The lowest BCUT2D eigenvalue weighted by Gasteiger charge is -2.10. The van der Waals surface area contributed by atoms with Crippen molar-refractivity contribution in [2.45, 2.75) is 27.2 Å². The summed E-state index contributed by atoms with van der Waals surface area (Å²) >= 11 is 0. The molecule has 1 heterocycles. The first-order valence-electron chi connectivity index (χ1n) is 8.58. The first-order chi connectivity index (χ1) is 12.9. The Labute approximate surface area is 158 Å². The van der Waals surface area contributed by atoms with Gasteiger partial charge in [-0.3, -0.25) is 4.79 Å². The highest BCUT2D eigenvalue weighted by molar-refractivity contribution is 5.93. The Balaban J connectivity index is 1.80. The zero-order valence-electron chi connectivity index (χ0n) is 16.3. The van der Waals surface area contributed by atoms with Crippen LogP contribution in [0.25, 0.3) is 0 Å². The van der Waals surface area contributed by atoms with Crippen molar-refractivity contribution in [2.24, 2.45) is 0 Å². The van der Waals surface area contributed by atoms with Crippen molar-refractivity contribution in [3.8, 4) is 11.5 Å². The van der Waals surface area contributed by atoms with E-state index in [9.17, 15) is 9.59 Å². The maximum atomic E-state index is 12.1. The van der Waals surface area contributed by atoms with Gasteiger partial charge in [0.25, 0.3) is 5.91 Å². The number of aryl methyl sites for hydroxylation is 2. The zero-order valence-corrected chi connectivity index (χ0v) is 16.3. The molecule has 0 bridgehead atoms. The van der Waals surface area contributed by atoms with Crippen molar-refractivity contribution in [1.29, 1.82) is 0 Å². The lowest BCUT2D eigenvalue weighted by molar-refractivity contribution is -0.124. The molecule has 7 nitrogen and oxygen atoms in total. The third-order valence-electron chi connectivity index (χ3n) is 4.28. The molecule has 0 fully saturated rings. The van der Waals surface area contributed by atoms with E-state index in [1.54, 1.807) is 35.0 Å². The Morgan fingerprint density at radius 2 is 1.74 bits per heavy atom. The predicted molar refractivity (Wildman–Crippen MR) is 99.5 cm³/mol. The molecule has 27 heavy (non-hydrogen) atoms. The Bertz CT molecular complexity index is 824. The number of esters is 1. The van der Waals surface area contributed by atoms with E-state index in [4.69, 9.17) is 18.6 Å². The fraction of sp³-hybridized carbons (Fsp3) is 0.400. The number of hydrogen-bond acceptors (Lipinski definition) is 6. The summed E-state index contributed by atoms with van der Waals surface area (Å²) < 4.78 is 20.9. The Morgan fingerprint density at radius 1 is 1.04 bits per heavy atom. The number of rotatable bonds is 8. The minimum Gasteiger partial charge on any atom is -0.493 e. The Morgan fingerprint density at radius 3 is 2.33 bits per heavy atom. The van der Waals surface area contributed by atoms with Gasteiger partial charge in [0.05, 0.1) is 14.2 Å². The molecule has 1 N–H and O–H groups in total. The second-order valence-corrected chi connectivity index (χ2v) is 6.08. The molecular formula is C20H25NO6. The first kappa shape index (κ1) is 20.4. The molecule has 0 aliphatic rings. The normalized spacial score (nSPS) is 10.4. The third kappa shape index (κ3) is 5.03. The highest BCUT2D eigenvalue weighted by atomic mass is 16.5. The summed E-state index contributed by atoms with van der Waals surface area (Å²) in [6, 6.07) is 5.58. The predicted octanol–water partition coefficient (Wildman–Crippen LogP) is 2.74. The van der Waals surface area contributed by atoms with Crippen LogP contribution in [-0.4, -0.2) is 39.2 Å². The second kappa shape index (κ2) is 9.12. The van der Waals surface area contributed by atoms with Gasteiger partial charge in [-0.25, -0.2) is 4.79 Å². The van der Waals surface area contributed by atoms with Crippen LogP contribution in [0.15, 0.2) is 22.6 Å². The molecule has 0 saturated carbocycles. The van der Waals surface area contributed by atoms with E-state index in [0.29, 0.717) is 41.5 Å². The molecule has 2 aromatic rings. The van der Waals surface area contributed by atoms with E-state index in [0.717, 1.165) is 11.1 Å². The van der Waals surface area contributed by atoms with Gasteiger partial charge in [-0.1, -0.05) is 6.07 Å². The van der Waals surface area contributed by atoms with Crippen molar-refractivity contribution in [3.63, 3.8) is 0 Å². The highest BCUT2D eigenvalue weighted by Crippen LogP contribution is 2.27. The number of benzene rings is 1. The number of hydrogen-bond donors (Lipinski definition) is 1. The van der Waals surface area contributed by atoms with E-state index in [2.05, 4.69) is 5.32 Å². The minimum atomic E-state index is -0.558. The Kier molecular flexibility index (Phi) is 6.87. The fourth-order valence-corrected chi connectivity index (χ4v) is 2.73. The summed E-state index contributed by atoms with van der Waals surface area (Å²) in [5, 5.41) is 2.73. The summed E-state index contributed by atoms with van der Waals surface area (Å²) in [5.74, 6) is 1.52. The number of methoxy groups -OCH3 is 2. The van der Waals surface area contributed by atoms with Gasteiger partial charge >= 0.3 is 5.97 Å². The molecule has 0 unspecified atom stereocenters. The fourth-order valence-electron chi connectivity index (χ4n) is 2.73. The largest absolute Gasteiger partial charge is 0.493 e. The van der Waals surface area contributed by atoms with Crippen LogP contribution in [0.1, 0.15) is 33.0 Å². The van der Waals surface area contributed by atoms with Gasteiger partial charge in [-0.15, -0.1) is 0 Å². The average Bonchev–Trinajstić information content (AvgIpc) is 2.91. The smallest absolute Gasteiger partial charge is 0.342 e. The van der Waals surface area contributed by atoms with Crippen LogP contribution < -0.4 is 14.8 Å². The van der Waals surface area contributed by atoms with Crippen molar-refractivity contribution in [1.82, 2.24) is 5.32 Å². The standard InChI is InChI=1S/C20H25NO6/c1-12-13(2)27-14(3)19(12)20(23)26-11-18(22)21-9-8-15-6-7-16(24-4)17(10-15)25-5/h6-7,10H,8-9,11H2,1-5H3,(H,21,22). The third-order valence-corrected chi connectivity index (χ3v) is 4.28. The van der Waals surface area contributed by atoms with Crippen LogP contribution >= 0.6 is 0 Å². The molecule has 2 rings (SSSR count). The summed E-state index contributed by atoms with van der Waals surface area (Å²) in [7, 11) is 3.15. The molecule has 0 saturated heterocycles. The molecule has 1 aromatic carbocycles. The summed E-state index contributed by atoms with van der Waals surface area (Å²) in [5.41, 5.74) is 2.10. The molecule has 7 heteroatoms. The number of ether oxygens (including phenoxy) is 3. The molecule has 1 amide bonds. The van der Waals surface area contributed by atoms with Gasteiger partial charge in [-0.2, -0.15) is 0 Å². The molecular weight excluding hydrogens is 350 g/mol. The van der Waals surface area contributed by atoms with Gasteiger partial charge in [0, 0.05) is 12.1 Å². The first-order valence-corrected chi connectivity index (χ1v) is 8.58. The highest BCUT2D eigenvalue weighted by Gasteiger charge is 2.20. The van der Waals surface area contributed by atoms with Crippen molar-refractivity contribution >= 4 is 11.9 Å². The molecule has 0 atom stereocenters. The molecule has 1 aromatic heterocycles. The SMILES string of the molecule is COc1ccc(CCNC(=O)COC(=O)c2c(C)oc(C)c2C)cc1OC. The topological polar surface area (TPSA) is 87.0 Å². The molecule has 0 aliphatic heterocycles. The number of carbonyl (C=O) groups is 2. The van der Waals surface area contributed by atoms with Gasteiger partial charge in [0.2, 0.25) is 0 Å². The molecule has 0 radical (unpaired) electrons. The minimum absolute atomic E-state index is 0.339. The van der Waals surface area contributed by atoms with E-state index in [1.807, 2.05) is 18.2 Å². The van der Waals surface area contributed by atoms with E-state index in [1.165, 1.54) is 0 Å².